The van der Waals surface area contributed by atoms with E-state index in [1.54, 1.807) is 0 Å². The molecule has 0 amide bonds. The molecule has 5 heteroatoms. The molecule has 2 heterocycles. The van der Waals surface area contributed by atoms with E-state index in [2.05, 4.69) is 20.6 Å². The number of hydrogen-bond donors (Lipinski definition) is 1. The van der Waals surface area contributed by atoms with Crippen LogP contribution < -0.4 is 5.43 Å². The van der Waals surface area contributed by atoms with Crippen molar-refractivity contribution < 1.29 is 4.52 Å². The van der Waals surface area contributed by atoms with E-state index in [-0.39, 0.29) is 0 Å². The van der Waals surface area contributed by atoms with Crippen molar-refractivity contribution >= 4 is 6.01 Å². The highest BCUT2D eigenvalue weighted by atomic mass is 16.5. The second kappa shape index (κ2) is 3.74. The van der Waals surface area contributed by atoms with Gasteiger partial charge in [-0.2, -0.15) is 4.98 Å². The molecule has 1 aromatic heterocycles. The lowest BCUT2D eigenvalue weighted by Crippen LogP contribution is -2.34. The van der Waals surface area contributed by atoms with Gasteiger partial charge in [0.2, 0.25) is 0 Å². The summed E-state index contributed by atoms with van der Waals surface area (Å²) < 4.78 is 4.95. The van der Waals surface area contributed by atoms with E-state index >= 15 is 0 Å². The third-order valence-electron chi connectivity index (χ3n) is 2.14. The monoisotopic (exact) mass is 182 g/mol. The van der Waals surface area contributed by atoms with Gasteiger partial charge in [0.1, 0.15) is 0 Å². The van der Waals surface area contributed by atoms with Gasteiger partial charge >= 0.3 is 6.01 Å². The van der Waals surface area contributed by atoms with Gasteiger partial charge in [-0.25, -0.2) is 5.01 Å². The number of nitrogens with zero attached hydrogens (tertiary/aromatic N) is 3. The van der Waals surface area contributed by atoms with E-state index < -0.39 is 0 Å². The Morgan fingerprint density at radius 1 is 1.31 bits per heavy atom. The molecule has 0 bridgehead atoms. The summed E-state index contributed by atoms with van der Waals surface area (Å²) in [5, 5.41) is 5.83. The van der Waals surface area contributed by atoms with Crippen LogP contribution in [0.3, 0.4) is 0 Å². The fourth-order valence-corrected chi connectivity index (χ4v) is 1.48. The van der Waals surface area contributed by atoms with E-state index in [9.17, 15) is 0 Å². The van der Waals surface area contributed by atoms with E-state index in [0.717, 1.165) is 13.1 Å². The minimum absolute atomic E-state index is 0.499. The van der Waals surface area contributed by atoms with E-state index in [1.165, 1.54) is 19.3 Å². The van der Waals surface area contributed by atoms with E-state index in [4.69, 9.17) is 4.52 Å². The predicted octanol–water partition coefficient (Wildman–Crippen LogP) is 1.19. The number of anilines is 1. The van der Waals surface area contributed by atoms with Crippen LogP contribution in [0.1, 0.15) is 25.1 Å². The first-order chi connectivity index (χ1) is 6.34. The summed E-state index contributed by atoms with van der Waals surface area (Å²) >= 11 is 0. The maximum atomic E-state index is 4.95. The second-order valence-corrected chi connectivity index (χ2v) is 3.31. The first-order valence-corrected chi connectivity index (χ1v) is 4.66. The molecule has 0 atom stereocenters. The standard InChI is InChI=1S/C8H14N4O/c1-7-9-8(13-11-7)10-12-5-3-2-4-6-12/h2-6H2,1H3,(H,9,10,11). The Kier molecular flexibility index (Phi) is 2.44. The third-order valence-corrected chi connectivity index (χ3v) is 2.14. The van der Waals surface area contributed by atoms with Crippen molar-refractivity contribution in [2.75, 3.05) is 18.5 Å². The molecule has 1 aliphatic heterocycles. The highest BCUT2D eigenvalue weighted by molar-refractivity contribution is 5.15. The molecule has 1 aliphatic rings. The normalized spacial score (nSPS) is 18.8. The van der Waals surface area contributed by atoms with Crippen LogP contribution in [-0.2, 0) is 0 Å². The van der Waals surface area contributed by atoms with Crippen LogP contribution in [0, 0.1) is 6.92 Å². The minimum Gasteiger partial charge on any atom is -0.314 e. The highest BCUT2D eigenvalue weighted by Crippen LogP contribution is 2.10. The fraction of sp³-hybridized carbons (Fsp3) is 0.750. The van der Waals surface area contributed by atoms with Gasteiger partial charge in [0, 0.05) is 13.1 Å². The molecule has 13 heavy (non-hydrogen) atoms. The fourth-order valence-electron chi connectivity index (χ4n) is 1.48. The Balaban J connectivity index is 1.89. The minimum atomic E-state index is 0.499. The molecule has 1 saturated heterocycles. The van der Waals surface area contributed by atoms with Gasteiger partial charge in [-0.15, -0.1) is 0 Å². The summed E-state index contributed by atoms with van der Waals surface area (Å²) in [6.07, 6.45) is 3.79. The molecule has 2 rings (SSSR count). The lowest BCUT2D eigenvalue weighted by Gasteiger charge is -2.25. The SMILES string of the molecule is Cc1noc(NN2CCCCC2)n1. The van der Waals surface area contributed by atoms with Crippen LogP contribution in [0.5, 0.6) is 0 Å². The average molecular weight is 182 g/mol. The molecule has 0 radical (unpaired) electrons. The van der Waals surface area contributed by atoms with Crippen molar-refractivity contribution in [1.29, 1.82) is 0 Å². The smallest absolute Gasteiger partial charge is 0.314 e. The molecular formula is C8H14N4O. The number of aryl methyl sites for hydroxylation is 1. The van der Waals surface area contributed by atoms with Gasteiger partial charge in [-0.05, 0) is 19.8 Å². The summed E-state index contributed by atoms with van der Waals surface area (Å²) in [6.45, 7) is 3.92. The average Bonchev–Trinajstić information content (AvgIpc) is 2.53. The molecule has 0 saturated carbocycles. The molecule has 5 nitrogen and oxygen atoms in total. The summed E-state index contributed by atoms with van der Waals surface area (Å²) in [5.74, 6) is 0.666. The maximum Gasteiger partial charge on any atom is 0.335 e. The third kappa shape index (κ3) is 2.18. The zero-order valence-corrected chi connectivity index (χ0v) is 7.79. The van der Waals surface area contributed by atoms with E-state index in [1.807, 2.05) is 6.92 Å². The summed E-state index contributed by atoms with van der Waals surface area (Å²) in [6, 6.07) is 0.499. The Morgan fingerprint density at radius 3 is 2.69 bits per heavy atom. The van der Waals surface area contributed by atoms with Crippen LogP contribution in [0.25, 0.3) is 0 Å². The number of piperidine rings is 1. The van der Waals surface area contributed by atoms with Crippen LogP contribution in [0.15, 0.2) is 4.52 Å². The molecule has 0 unspecified atom stereocenters. The number of rotatable bonds is 2. The Hall–Kier alpha value is -1.10. The van der Waals surface area contributed by atoms with Crippen molar-refractivity contribution in [3.63, 3.8) is 0 Å². The lowest BCUT2D eigenvalue weighted by atomic mass is 10.2. The predicted molar refractivity (Wildman–Crippen MR) is 48.1 cm³/mol. The molecule has 72 valence electrons. The van der Waals surface area contributed by atoms with Crippen LogP contribution in [0.4, 0.5) is 6.01 Å². The van der Waals surface area contributed by atoms with Gasteiger partial charge in [-0.1, -0.05) is 11.6 Å². The van der Waals surface area contributed by atoms with Crippen LogP contribution >= 0.6 is 0 Å². The van der Waals surface area contributed by atoms with Crippen molar-refractivity contribution in [2.45, 2.75) is 26.2 Å². The van der Waals surface area contributed by atoms with Crippen molar-refractivity contribution in [1.82, 2.24) is 15.1 Å². The number of hydrazine groups is 1. The summed E-state index contributed by atoms with van der Waals surface area (Å²) in [4.78, 5) is 4.07. The Labute approximate surface area is 77.1 Å². The molecule has 1 N–H and O–H groups in total. The Morgan fingerprint density at radius 2 is 2.08 bits per heavy atom. The van der Waals surface area contributed by atoms with E-state index in [0.29, 0.717) is 11.8 Å². The number of nitrogens with one attached hydrogen (secondary N) is 1. The highest BCUT2D eigenvalue weighted by Gasteiger charge is 2.12. The van der Waals surface area contributed by atoms with Gasteiger partial charge in [0.05, 0.1) is 0 Å². The Bertz CT molecular complexity index is 267. The van der Waals surface area contributed by atoms with Gasteiger partial charge in [-0.3, -0.25) is 5.43 Å². The first kappa shape index (κ1) is 8.50. The van der Waals surface area contributed by atoms with Gasteiger partial charge in [0.15, 0.2) is 5.82 Å². The van der Waals surface area contributed by atoms with Crippen molar-refractivity contribution in [3.8, 4) is 0 Å². The summed E-state index contributed by atoms with van der Waals surface area (Å²) in [7, 11) is 0. The van der Waals surface area contributed by atoms with Gasteiger partial charge < -0.3 is 4.52 Å². The van der Waals surface area contributed by atoms with Gasteiger partial charge in [0.25, 0.3) is 0 Å². The second-order valence-electron chi connectivity index (χ2n) is 3.31. The molecule has 1 aromatic rings. The largest absolute Gasteiger partial charge is 0.335 e. The molecular weight excluding hydrogens is 168 g/mol. The lowest BCUT2D eigenvalue weighted by molar-refractivity contribution is 0.258. The zero-order chi connectivity index (χ0) is 9.10. The quantitative estimate of drug-likeness (QED) is 0.744. The molecule has 1 fully saturated rings. The zero-order valence-electron chi connectivity index (χ0n) is 7.79. The topological polar surface area (TPSA) is 54.2 Å². The number of aromatic nitrogens is 2. The van der Waals surface area contributed by atoms with Crippen LogP contribution in [0.2, 0.25) is 0 Å². The molecule has 0 spiro atoms. The molecule has 0 aliphatic carbocycles. The van der Waals surface area contributed by atoms with Crippen molar-refractivity contribution in [2.24, 2.45) is 0 Å². The number of hydrogen-bond acceptors (Lipinski definition) is 5. The maximum absolute atomic E-state index is 4.95. The first-order valence-electron chi connectivity index (χ1n) is 4.66. The van der Waals surface area contributed by atoms with Crippen LogP contribution in [-0.4, -0.2) is 28.2 Å². The summed E-state index contributed by atoms with van der Waals surface area (Å²) in [5.41, 5.74) is 3.09. The molecule has 0 aromatic carbocycles. The van der Waals surface area contributed by atoms with Crippen molar-refractivity contribution in [3.05, 3.63) is 5.82 Å².